The van der Waals surface area contributed by atoms with Crippen molar-refractivity contribution in [3.8, 4) is 0 Å². The third-order valence-corrected chi connectivity index (χ3v) is 3.84. The predicted octanol–water partition coefficient (Wildman–Crippen LogP) is 2.14. The molecule has 1 atom stereocenters. The molecule has 7 nitrogen and oxygen atoms in total. The number of alkyl carbamates (subject to hydrolysis) is 1. The Morgan fingerprint density at radius 3 is 2.46 bits per heavy atom. The van der Waals surface area contributed by atoms with Gasteiger partial charge >= 0.3 is 12.2 Å². The molecule has 0 aliphatic heterocycles. The zero-order chi connectivity index (χ0) is 18.0. The molecule has 0 saturated carbocycles. The molecule has 0 aliphatic carbocycles. The van der Waals surface area contributed by atoms with Gasteiger partial charge in [0.1, 0.15) is 12.2 Å². The van der Waals surface area contributed by atoms with Crippen LogP contribution in [0.15, 0.2) is 30.3 Å². The summed E-state index contributed by atoms with van der Waals surface area (Å²) in [6.07, 6.45) is -0.0601. The highest BCUT2D eigenvalue weighted by Crippen LogP contribution is 2.27. The third kappa shape index (κ3) is 7.32. The molecule has 0 aromatic heterocycles. The van der Waals surface area contributed by atoms with Crippen LogP contribution in [0.1, 0.15) is 32.3 Å². The van der Waals surface area contributed by atoms with Crippen molar-refractivity contribution in [2.24, 2.45) is 17.4 Å². The smallest absolute Gasteiger partial charge is 0.407 e. The van der Waals surface area contributed by atoms with Crippen LogP contribution in [0.5, 0.6) is 0 Å². The van der Waals surface area contributed by atoms with Crippen LogP contribution < -0.4 is 16.8 Å². The Labute approximate surface area is 142 Å². The van der Waals surface area contributed by atoms with Gasteiger partial charge < -0.3 is 26.3 Å². The van der Waals surface area contributed by atoms with Gasteiger partial charge in [-0.25, -0.2) is 9.59 Å². The van der Waals surface area contributed by atoms with Crippen molar-refractivity contribution in [1.82, 2.24) is 5.32 Å². The van der Waals surface area contributed by atoms with Crippen molar-refractivity contribution in [3.05, 3.63) is 35.9 Å². The Morgan fingerprint density at radius 1 is 1.21 bits per heavy atom. The predicted molar refractivity (Wildman–Crippen MR) is 91.2 cm³/mol. The second-order valence-electron chi connectivity index (χ2n) is 6.08. The SMILES string of the molecule is CC(C)(OC(N)=O)C(CCN)CCNC(=O)OCc1ccccc1. The number of primary amides is 1. The van der Waals surface area contributed by atoms with Crippen LogP contribution in [-0.4, -0.2) is 30.9 Å². The molecule has 0 radical (unpaired) electrons. The molecule has 1 rings (SSSR count). The Kier molecular flexibility index (Phi) is 8.05. The van der Waals surface area contributed by atoms with E-state index in [1.165, 1.54) is 0 Å². The average molecular weight is 337 g/mol. The van der Waals surface area contributed by atoms with Crippen molar-refractivity contribution in [3.63, 3.8) is 0 Å². The number of carbonyl (C=O) groups is 2. The summed E-state index contributed by atoms with van der Waals surface area (Å²) in [5, 5.41) is 2.69. The van der Waals surface area contributed by atoms with Crippen LogP contribution >= 0.6 is 0 Å². The summed E-state index contributed by atoms with van der Waals surface area (Å²) >= 11 is 0. The van der Waals surface area contributed by atoms with Gasteiger partial charge in [-0.05, 0) is 38.8 Å². The molecule has 0 fully saturated rings. The number of amides is 2. The Bertz CT molecular complexity index is 520. The molecule has 5 N–H and O–H groups in total. The van der Waals surface area contributed by atoms with Gasteiger partial charge in [0, 0.05) is 12.5 Å². The Morgan fingerprint density at radius 2 is 1.88 bits per heavy atom. The molecular formula is C17H27N3O4. The van der Waals surface area contributed by atoms with Gasteiger partial charge in [0.25, 0.3) is 0 Å². The molecule has 0 bridgehead atoms. The molecule has 0 spiro atoms. The van der Waals surface area contributed by atoms with Crippen LogP contribution in [-0.2, 0) is 16.1 Å². The highest BCUT2D eigenvalue weighted by Gasteiger charge is 2.32. The lowest BCUT2D eigenvalue weighted by Gasteiger charge is -2.33. The standard InChI is InChI=1S/C17H27N3O4/c1-17(2,24-15(19)21)14(8-10-18)9-11-20-16(22)23-12-13-6-4-3-5-7-13/h3-7,14H,8-12,18H2,1-2H3,(H2,19,21)(H,20,22). The largest absolute Gasteiger partial charge is 0.445 e. The van der Waals surface area contributed by atoms with E-state index in [0.29, 0.717) is 25.9 Å². The molecule has 7 heteroatoms. The van der Waals surface area contributed by atoms with Crippen LogP contribution in [0.3, 0.4) is 0 Å². The van der Waals surface area contributed by atoms with Gasteiger partial charge in [-0.2, -0.15) is 0 Å². The molecule has 0 aliphatic rings. The van der Waals surface area contributed by atoms with Crippen LogP contribution in [0.25, 0.3) is 0 Å². The van der Waals surface area contributed by atoms with E-state index < -0.39 is 17.8 Å². The first-order chi connectivity index (χ1) is 11.3. The van der Waals surface area contributed by atoms with Crippen molar-refractivity contribution >= 4 is 12.2 Å². The Hall–Kier alpha value is -2.28. The number of ether oxygens (including phenoxy) is 2. The van der Waals surface area contributed by atoms with E-state index in [1.807, 2.05) is 30.3 Å². The van der Waals surface area contributed by atoms with Gasteiger partial charge in [0.05, 0.1) is 0 Å². The van der Waals surface area contributed by atoms with E-state index in [4.69, 9.17) is 20.9 Å². The summed E-state index contributed by atoms with van der Waals surface area (Å²) in [5.74, 6) is -0.0237. The van der Waals surface area contributed by atoms with Gasteiger partial charge in [0.2, 0.25) is 0 Å². The van der Waals surface area contributed by atoms with Crippen molar-refractivity contribution in [2.75, 3.05) is 13.1 Å². The lowest BCUT2D eigenvalue weighted by Crippen LogP contribution is -2.41. The molecule has 1 aromatic rings. The fourth-order valence-electron chi connectivity index (χ4n) is 2.51. The topological polar surface area (TPSA) is 117 Å². The number of nitrogens with two attached hydrogens (primary N) is 2. The maximum Gasteiger partial charge on any atom is 0.407 e. The van der Waals surface area contributed by atoms with E-state index in [0.717, 1.165) is 5.56 Å². The lowest BCUT2D eigenvalue weighted by atomic mass is 9.85. The first kappa shape index (κ1) is 19.8. The third-order valence-electron chi connectivity index (χ3n) is 3.84. The highest BCUT2D eigenvalue weighted by molar-refractivity contribution is 5.67. The quantitative estimate of drug-likeness (QED) is 0.638. The lowest BCUT2D eigenvalue weighted by molar-refractivity contribution is -0.00649. The summed E-state index contributed by atoms with van der Waals surface area (Å²) in [4.78, 5) is 22.7. The highest BCUT2D eigenvalue weighted by atomic mass is 16.6. The number of carbonyl (C=O) groups excluding carboxylic acids is 2. The van der Waals surface area contributed by atoms with Crippen molar-refractivity contribution in [1.29, 1.82) is 0 Å². The van der Waals surface area contributed by atoms with Crippen LogP contribution in [0, 0.1) is 5.92 Å². The minimum atomic E-state index is -0.822. The molecule has 1 aromatic carbocycles. The number of rotatable bonds is 9. The number of hydrogen-bond donors (Lipinski definition) is 3. The zero-order valence-corrected chi connectivity index (χ0v) is 14.3. The van der Waals surface area contributed by atoms with Crippen molar-refractivity contribution < 1.29 is 19.1 Å². The molecule has 2 amide bonds. The fourth-order valence-corrected chi connectivity index (χ4v) is 2.51. The van der Waals surface area contributed by atoms with Gasteiger partial charge in [-0.1, -0.05) is 30.3 Å². The molecule has 0 heterocycles. The molecule has 0 saturated heterocycles. The summed E-state index contributed by atoms with van der Waals surface area (Å²) in [7, 11) is 0. The second-order valence-corrected chi connectivity index (χ2v) is 6.08. The van der Waals surface area contributed by atoms with Gasteiger partial charge in [0.15, 0.2) is 0 Å². The van der Waals surface area contributed by atoms with E-state index in [-0.39, 0.29) is 12.5 Å². The van der Waals surface area contributed by atoms with Crippen LogP contribution in [0.2, 0.25) is 0 Å². The monoisotopic (exact) mass is 337 g/mol. The van der Waals surface area contributed by atoms with Gasteiger partial charge in [-0.3, -0.25) is 0 Å². The van der Waals surface area contributed by atoms with E-state index in [2.05, 4.69) is 5.32 Å². The maximum absolute atomic E-state index is 11.7. The normalized spacial score (nSPS) is 12.3. The molecule has 134 valence electrons. The average Bonchev–Trinajstić information content (AvgIpc) is 2.52. The van der Waals surface area contributed by atoms with E-state index in [9.17, 15) is 9.59 Å². The number of hydrogen-bond acceptors (Lipinski definition) is 5. The number of benzene rings is 1. The summed E-state index contributed by atoms with van der Waals surface area (Å²) in [6, 6.07) is 9.43. The van der Waals surface area contributed by atoms with E-state index >= 15 is 0 Å². The minimum absolute atomic E-state index is 0.0237. The second kappa shape index (κ2) is 9.77. The molecular weight excluding hydrogens is 310 g/mol. The fraction of sp³-hybridized carbons (Fsp3) is 0.529. The molecule has 24 heavy (non-hydrogen) atoms. The summed E-state index contributed by atoms with van der Waals surface area (Å²) in [5.41, 5.74) is 10.9. The van der Waals surface area contributed by atoms with Gasteiger partial charge in [-0.15, -0.1) is 0 Å². The first-order valence-electron chi connectivity index (χ1n) is 7.98. The van der Waals surface area contributed by atoms with Crippen molar-refractivity contribution in [2.45, 2.75) is 38.9 Å². The minimum Gasteiger partial charge on any atom is -0.445 e. The van der Waals surface area contributed by atoms with E-state index in [1.54, 1.807) is 13.8 Å². The Balaban J connectivity index is 2.38. The number of nitrogens with one attached hydrogen (secondary N) is 1. The summed E-state index contributed by atoms with van der Waals surface area (Å²) < 4.78 is 10.3. The first-order valence-corrected chi connectivity index (χ1v) is 7.98. The maximum atomic E-state index is 11.7. The zero-order valence-electron chi connectivity index (χ0n) is 14.3. The summed E-state index contributed by atoms with van der Waals surface area (Å²) in [6.45, 7) is 4.63. The molecule has 1 unspecified atom stereocenters. The van der Waals surface area contributed by atoms with Crippen LogP contribution in [0.4, 0.5) is 9.59 Å².